The van der Waals surface area contributed by atoms with Crippen LogP contribution in [0.5, 0.6) is 0 Å². The predicted molar refractivity (Wildman–Crippen MR) is 89.2 cm³/mol. The molecule has 1 fully saturated rings. The minimum Gasteiger partial charge on any atom is -0.385 e. The van der Waals surface area contributed by atoms with Gasteiger partial charge in [-0.3, -0.25) is 0 Å². The summed E-state index contributed by atoms with van der Waals surface area (Å²) in [5, 5.41) is 11.4. The third-order valence-electron chi connectivity index (χ3n) is 5.98. The molecule has 2 nitrogen and oxygen atoms in total. The first kappa shape index (κ1) is 16.5. The van der Waals surface area contributed by atoms with Crippen molar-refractivity contribution in [2.45, 2.75) is 65.4 Å². The van der Waals surface area contributed by atoms with E-state index in [1.807, 2.05) is 6.92 Å². The maximum Gasteiger partial charge on any atom is 0.0939 e. The zero-order valence-electron chi connectivity index (χ0n) is 14.1. The molecular weight excluding hydrogens is 258 g/mol. The molecule has 2 rings (SSSR count). The summed E-state index contributed by atoms with van der Waals surface area (Å²) < 4.78 is 0. The van der Waals surface area contributed by atoms with Crippen LogP contribution in [-0.2, 0) is 5.60 Å². The van der Waals surface area contributed by atoms with E-state index < -0.39 is 5.60 Å². The molecule has 0 aliphatic heterocycles. The number of aliphatic hydroxyl groups is 1. The fourth-order valence-corrected chi connectivity index (χ4v) is 4.07. The lowest BCUT2D eigenvalue weighted by Crippen LogP contribution is -2.51. The quantitative estimate of drug-likeness (QED) is 0.878. The number of rotatable bonds is 4. The Hall–Kier alpha value is -0.860. The Balaban J connectivity index is 2.38. The number of hydrogen-bond acceptors (Lipinski definition) is 2. The summed E-state index contributed by atoms with van der Waals surface area (Å²) >= 11 is 0. The van der Waals surface area contributed by atoms with E-state index in [1.165, 1.54) is 24.8 Å². The van der Waals surface area contributed by atoms with E-state index >= 15 is 0 Å². The van der Waals surface area contributed by atoms with Gasteiger partial charge in [0.1, 0.15) is 0 Å². The van der Waals surface area contributed by atoms with Gasteiger partial charge in [-0.05, 0) is 63.5 Å². The Morgan fingerprint density at radius 1 is 1.29 bits per heavy atom. The average Bonchev–Trinajstić information content (AvgIpc) is 2.49. The number of nitrogens with two attached hydrogens (primary N) is 1. The van der Waals surface area contributed by atoms with Gasteiger partial charge < -0.3 is 10.8 Å². The maximum absolute atomic E-state index is 11.4. The SMILES string of the molecule is CCC1CCC(CN)(C(C)(O)c2cc(C)ccc2C)CC1. The van der Waals surface area contributed by atoms with Gasteiger partial charge in [0.2, 0.25) is 0 Å². The van der Waals surface area contributed by atoms with Gasteiger partial charge in [-0.2, -0.15) is 0 Å². The molecule has 2 heteroatoms. The molecule has 1 atom stereocenters. The molecule has 1 aliphatic rings. The molecular formula is C19H31NO. The van der Waals surface area contributed by atoms with E-state index in [2.05, 4.69) is 39.0 Å². The molecule has 0 radical (unpaired) electrons. The van der Waals surface area contributed by atoms with Crippen molar-refractivity contribution in [2.75, 3.05) is 6.54 Å². The highest BCUT2D eigenvalue weighted by Crippen LogP contribution is 2.51. The molecule has 1 saturated carbocycles. The van der Waals surface area contributed by atoms with Crippen LogP contribution >= 0.6 is 0 Å². The lowest BCUT2D eigenvalue weighted by Gasteiger charge is -2.49. The normalized spacial score (nSPS) is 29.1. The fraction of sp³-hybridized carbons (Fsp3) is 0.684. The van der Waals surface area contributed by atoms with Gasteiger partial charge in [0.25, 0.3) is 0 Å². The van der Waals surface area contributed by atoms with Crippen LogP contribution in [0.3, 0.4) is 0 Å². The Bertz CT molecular complexity index is 484. The molecule has 21 heavy (non-hydrogen) atoms. The highest BCUT2D eigenvalue weighted by Gasteiger charge is 2.49. The zero-order chi connectivity index (χ0) is 15.7. The summed E-state index contributed by atoms with van der Waals surface area (Å²) in [5.74, 6) is 0.805. The molecule has 0 heterocycles. The average molecular weight is 289 g/mol. The van der Waals surface area contributed by atoms with E-state index in [0.29, 0.717) is 6.54 Å². The van der Waals surface area contributed by atoms with Crippen LogP contribution in [0.4, 0.5) is 0 Å². The van der Waals surface area contributed by atoms with Crippen molar-refractivity contribution in [1.29, 1.82) is 0 Å². The summed E-state index contributed by atoms with van der Waals surface area (Å²) in [7, 11) is 0. The Kier molecular flexibility index (Phi) is 4.79. The van der Waals surface area contributed by atoms with Crippen molar-refractivity contribution in [1.82, 2.24) is 0 Å². The Morgan fingerprint density at radius 2 is 1.90 bits per heavy atom. The van der Waals surface area contributed by atoms with Gasteiger partial charge in [0.15, 0.2) is 0 Å². The van der Waals surface area contributed by atoms with Gasteiger partial charge in [0, 0.05) is 12.0 Å². The van der Waals surface area contributed by atoms with Crippen LogP contribution in [0.15, 0.2) is 18.2 Å². The second-order valence-corrected chi connectivity index (χ2v) is 7.23. The monoisotopic (exact) mass is 289 g/mol. The molecule has 0 spiro atoms. The summed E-state index contributed by atoms with van der Waals surface area (Å²) in [6.45, 7) is 8.98. The minimum absolute atomic E-state index is 0.183. The van der Waals surface area contributed by atoms with Crippen LogP contribution in [0.25, 0.3) is 0 Å². The van der Waals surface area contributed by atoms with Crippen molar-refractivity contribution in [3.8, 4) is 0 Å². The van der Waals surface area contributed by atoms with E-state index in [4.69, 9.17) is 5.73 Å². The van der Waals surface area contributed by atoms with Crippen molar-refractivity contribution >= 4 is 0 Å². The van der Waals surface area contributed by atoms with Crippen LogP contribution in [0.1, 0.15) is 62.6 Å². The molecule has 1 aliphatic carbocycles. The van der Waals surface area contributed by atoms with Gasteiger partial charge >= 0.3 is 0 Å². The topological polar surface area (TPSA) is 46.2 Å². The van der Waals surface area contributed by atoms with Gasteiger partial charge in [0.05, 0.1) is 5.60 Å². The van der Waals surface area contributed by atoms with Crippen LogP contribution in [0.2, 0.25) is 0 Å². The van der Waals surface area contributed by atoms with Crippen molar-refractivity contribution in [2.24, 2.45) is 17.1 Å². The zero-order valence-corrected chi connectivity index (χ0v) is 14.1. The highest BCUT2D eigenvalue weighted by atomic mass is 16.3. The molecule has 0 saturated heterocycles. The van der Waals surface area contributed by atoms with E-state index in [0.717, 1.165) is 29.9 Å². The predicted octanol–water partition coefficient (Wildman–Crippen LogP) is 4.06. The van der Waals surface area contributed by atoms with E-state index in [1.54, 1.807) is 0 Å². The smallest absolute Gasteiger partial charge is 0.0939 e. The van der Waals surface area contributed by atoms with Crippen LogP contribution in [0, 0.1) is 25.2 Å². The molecule has 0 bridgehead atoms. The largest absolute Gasteiger partial charge is 0.385 e. The third-order valence-corrected chi connectivity index (χ3v) is 5.98. The van der Waals surface area contributed by atoms with Crippen molar-refractivity contribution < 1.29 is 5.11 Å². The molecule has 1 aromatic carbocycles. The first-order chi connectivity index (χ1) is 9.86. The third kappa shape index (κ3) is 2.89. The second-order valence-electron chi connectivity index (χ2n) is 7.23. The van der Waals surface area contributed by atoms with Gasteiger partial charge in [-0.25, -0.2) is 0 Å². The highest BCUT2D eigenvalue weighted by molar-refractivity contribution is 5.36. The van der Waals surface area contributed by atoms with Gasteiger partial charge in [-0.1, -0.05) is 37.1 Å². The summed E-state index contributed by atoms with van der Waals surface area (Å²) in [6.07, 6.45) is 5.68. The molecule has 0 aromatic heterocycles. The van der Waals surface area contributed by atoms with Gasteiger partial charge in [-0.15, -0.1) is 0 Å². The minimum atomic E-state index is -0.851. The Labute approximate surface area is 129 Å². The number of aryl methyl sites for hydroxylation is 2. The van der Waals surface area contributed by atoms with E-state index in [-0.39, 0.29) is 5.41 Å². The van der Waals surface area contributed by atoms with E-state index in [9.17, 15) is 5.11 Å². The first-order valence-corrected chi connectivity index (χ1v) is 8.36. The van der Waals surface area contributed by atoms with Crippen molar-refractivity contribution in [3.63, 3.8) is 0 Å². The lowest BCUT2D eigenvalue weighted by molar-refractivity contribution is -0.0985. The number of benzene rings is 1. The first-order valence-electron chi connectivity index (χ1n) is 8.36. The molecule has 118 valence electrons. The lowest BCUT2D eigenvalue weighted by atomic mass is 9.59. The molecule has 1 aromatic rings. The van der Waals surface area contributed by atoms with Crippen LogP contribution < -0.4 is 5.73 Å². The molecule has 0 amide bonds. The summed E-state index contributed by atoms with van der Waals surface area (Å²) in [6, 6.07) is 6.36. The number of hydrogen-bond donors (Lipinski definition) is 2. The fourth-order valence-electron chi connectivity index (χ4n) is 4.07. The summed E-state index contributed by atoms with van der Waals surface area (Å²) in [5.41, 5.74) is 8.56. The Morgan fingerprint density at radius 3 is 2.43 bits per heavy atom. The molecule has 1 unspecified atom stereocenters. The molecule has 3 N–H and O–H groups in total. The standard InChI is InChI=1S/C19H31NO/c1-5-16-8-10-19(13-20,11-9-16)18(4,21)17-12-14(2)6-7-15(17)3/h6-7,12,16,21H,5,8-11,13,20H2,1-4H3. The maximum atomic E-state index is 11.4. The van der Waals surface area contributed by atoms with Crippen molar-refractivity contribution in [3.05, 3.63) is 34.9 Å². The second kappa shape index (κ2) is 6.10. The summed E-state index contributed by atoms with van der Waals surface area (Å²) in [4.78, 5) is 0. The van der Waals surface area contributed by atoms with Crippen LogP contribution in [-0.4, -0.2) is 11.7 Å².